The number of nitrogens with zero attached hydrogens (tertiary/aromatic N) is 2. The fourth-order valence-corrected chi connectivity index (χ4v) is 4.21. The van der Waals surface area contributed by atoms with Crippen LogP contribution in [0.5, 0.6) is 0 Å². The third-order valence-electron chi connectivity index (χ3n) is 4.96. The molecular formula is C20H25N3O3S. The Bertz CT molecular complexity index is 806. The number of amides is 1. The highest BCUT2D eigenvalue weighted by molar-refractivity contribution is 7.17. The fraction of sp³-hybridized carbons (Fsp3) is 0.500. The van der Waals surface area contributed by atoms with Crippen molar-refractivity contribution in [1.29, 1.82) is 0 Å². The summed E-state index contributed by atoms with van der Waals surface area (Å²) in [5.74, 6) is -0.309. The van der Waals surface area contributed by atoms with Gasteiger partial charge in [-0.15, -0.1) is 11.3 Å². The maximum Gasteiger partial charge on any atom is 0.351 e. The van der Waals surface area contributed by atoms with E-state index in [0.29, 0.717) is 27.2 Å². The van der Waals surface area contributed by atoms with Gasteiger partial charge in [0.1, 0.15) is 9.88 Å². The van der Waals surface area contributed by atoms with Crippen molar-refractivity contribution in [3.05, 3.63) is 35.0 Å². The first-order valence-electron chi connectivity index (χ1n) is 9.36. The van der Waals surface area contributed by atoms with Gasteiger partial charge in [0.05, 0.1) is 11.4 Å². The molecule has 1 fully saturated rings. The number of nitrogens with one attached hydrogen (secondary N) is 1. The molecule has 0 aromatic carbocycles. The number of ether oxygens (including phenoxy) is 1. The first-order valence-corrected chi connectivity index (χ1v) is 10.2. The summed E-state index contributed by atoms with van der Waals surface area (Å²) in [4.78, 5) is 34.0. The summed E-state index contributed by atoms with van der Waals surface area (Å²) >= 11 is 1.23. The zero-order valence-electron chi connectivity index (χ0n) is 15.9. The van der Waals surface area contributed by atoms with Crippen LogP contribution in [0.3, 0.4) is 0 Å². The van der Waals surface area contributed by atoms with E-state index in [1.165, 1.54) is 17.8 Å². The minimum absolute atomic E-state index is 0.160. The van der Waals surface area contributed by atoms with E-state index in [2.05, 4.69) is 22.2 Å². The molecule has 1 aliphatic rings. The Morgan fingerprint density at radius 3 is 2.78 bits per heavy atom. The maximum atomic E-state index is 12.5. The summed E-state index contributed by atoms with van der Waals surface area (Å²) in [6.45, 7) is 5.52. The predicted octanol–water partition coefficient (Wildman–Crippen LogP) is 3.75. The number of aryl methyl sites for hydroxylation is 1. The van der Waals surface area contributed by atoms with E-state index in [1.54, 1.807) is 20.0 Å². The number of aromatic nitrogens is 2. The highest BCUT2D eigenvalue weighted by Gasteiger charge is 2.27. The second-order valence-electron chi connectivity index (χ2n) is 7.07. The monoisotopic (exact) mass is 387 g/mol. The first kappa shape index (κ1) is 19.5. The topological polar surface area (TPSA) is 81.2 Å². The zero-order chi connectivity index (χ0) is 19.4. The molecule has 0 saturated heterocycles. The molecule has 6 nitrogen and oxygen atoms in total. The quantitative estimate of drug-likeness (QED) is 0.790. The van der Waals surface area contributed by atoms with Crippen LogP contribution < -0.4 is 5.32 Å². The van der Waals surface area contributed by atoms with Crippen LogP contribution in [0.1, 0.15) is 54.9 Å². The van der Waals surface area contributed by atoms with E-state index in [-0.39, 0.29) is 11.9 Å². The van der Waals surface area contributed by atoms with Crippen molar-refractivity contribution in [3.63, 3.8) is 0 Å². The normalized spacial score (nSPS) is 20.7. The van der Waals surface area contributed by atoms with Gasteiger partial charge in [0.2, 0.25) is 0 Å². The number of hydrogen-bond donors (Lipinski definition) is 1. The molecule has 1 amide bonds. The molecule has 2 aromatic rings. The highest BCUT2D eigenvalue weighted by Crippen LogP contribution is 2.27. The molecule has 0 bridgehead atoms. The second kappa shape index (κ2) is 8.61. The molecule has 0 radical (unpaired) electrons. The van der Waals surface area contributed by atoms with Gasteiger partial charge in [-0.25, -0.2) is 9.78 Å². The number of carbonyl (C=O) groups is 2. The molecule has 2 heterocycles. The molecule has 3 rings (SSSR count). The lowest BCUT2D eigenvalue weighted by molar-refractivity contribution is -0.130. The smallest absolute Gasteiger partial charge is 0.351 e. The fourth-order valence-electron chi connectivity index (χ4n) is 3.28. The van der Waals surface area contributed by atoms with Crippen LogP contribution in [0.25, 0.3) is 10.7 Å². The van der Waals surface area contributed by atoms with Gasteiger partial charge in [0.25, 0.3) is 5.91 Å². The molecule has 1 aliphatic carbocycles. The Hall–Kier alpha value is -2.28. The van der Waals surface area contributed by atoms with Gasteiger partial charge < -0.3 is 10.1 Å². The molecule has 1 N–H and O–H groups in total. The first-order chi connectivity index (χ1) is 13.0. The van der Waals surface area contributed by atoms with Crippen LogP contribution in [0.15, 0.2) is 24.4 Å². The van der Waals surface area contributed by atoms with Crippen LogP contribution in [-0.4, -0.2) is 34.0 Å². The van der Waals surface area contributed by atoms with E-state index in [4.69, 9.17) is 4.74 Å². The van der Waals surface area contributed by atoms with Gasteiger partial charge in [-0.1, -0.05) is 25.8 Å². The third-order valence-corrected chi connectivity index (χ3v) is 6.12. The van der Waals surface area contributed by atoms with E-state index in [1.807, 2.05) is 18.2 Å². The van der Waals surface area contributed by atoms with Crippen LogP contribution in [0, 0.1) is 12.8 Å². The standard InChI is InChI=1S/C20H25N3O3S/c1-12-8-4-5-9-15(12)23-18(24)14(3)26-20(25)17-13(2)22-19(27-17)16-10-6-7-11-21-16/h6-7,10-12,14-15H,4-5,8-9H2,1-3H3,(H,23,24). The second-order valence-corrected chi connectivity index (χ2v) is 8.07. The van der Waals surface area contributed by atoms with E-state index in [0.717, 1.165) is 19.3 Å². The lowest BCUT2D eigenvalue weighted by atomic mass is 9.86. The predicted molar refractivity (Wildman–Crippen MR) is 105 cm³/mol. The number of rotatable bonds is 5. The summed E-state index contributed by atoms with van der Waals surface area (Å²) in [6, 6.07) is 5.70. The van der Waals surface area contributed by atoms with Crippen LogP contribution in [-0.2, 0) is 9.53 Å². The molecule has 1 saturated carbocycles. The van der Waals surface area contributed by atoms with Crippen molar-refractivity contribution >= 4 is 23.2 Å². The zero-order valence-corrected chi connectivity index (χ0v) is 16.7. The van der Waals surface area contributed by atoms with Gasteiger partial charge in [-0.2, -0.15) is 0 Å². The minimum Gasteiger partial charge on any atom is -0.448 e. The van der Waals surface area contributed by atoms with Crippen molar-refractivity contribution in [2.24, 2.45) is 5.92 Å². The Balaban J connectivity index is 1.63. The molecule has 0 spiro atoms. The van der Waals surface area contributed by atoms with E-state index < -0.39 is 12.1 Å². The Morgan fingerprint density at radius 1 is 1.30 bits per heavy atom. The summed E-state index contributed by atoms with van der Waals surface area (Å²) < 4.78 is 5.40. The average molecular weight is 388 g/mol. The molecule has 0 aliphatic heterocycles. The molecule has 3 atom stereocenters. The Labute approximate surface area is 163 Å². The SMILES string of the molecule is Cc1nc(-c2ccccn2)sc1C(=O)OC(C)C(=O)NC1CCCCC1C. The molecule has 27 heavy (non-hydrogen) atoms. The lowest BCUT2D eigenvalue weighted by Crippen LogP contribution is -2.45. The van der Waals surface area contributed by atoms with Gasteiger partial charge in [-0.3, -0.25) is 9.78 Å². The van der Waals surface area contributed by atoms with Crippen LogP contribution in [0.4, 0.5) is 0 Å². The van der Waals surface area contributed by atoms with Gasteiger partial charge >= 0.3 is 5.97 Å². The number of hydrogen-bond acceptors (Lipinski definition) is 6. The lowest BCUT2D eigenvalue weighted by Gasteiger charge is -2.30. The highest BCUT2D eigenvalue weighted by atomic mass is 32.1. The van der Waals surface area contributed by atoms with Crippen molar-refractivity contribution < 1.29 is 14.3 Å². The van der Waals surface area contributed by atoms with E-state index >= 15 is 0 Å². The van der Waals surface area contributed by atoms with Gasteiger partial charge in [0.15, 0.2) is 6.10 Å². The summed E-state index contributed by atoms with van der Waals surface area (Å²) in [7, 11) is 0. The molecule has 144 valence electrons. The summed E-state index contributed by atoms with van der Waals surface area (Å²) in [5.41, 5.74) is 1.29. The molecule has 7 heteroatoms. The Morgan fingerprint density at radius 2 is 2.07 bits per heavy atom. The van der Waals surface area contributed by atoms with Gasteiger partial charge in [0, 0.05) is 12.2 Å². The van der Waals surface area contributed by atoms with Crippen molar-refractivity contribution in [1.82, 2.24) is 15.3 Å². The number of thiazole rings is 1. The third kappa shape index (κ3) is 4.71. The van der Waals surface area contributed by atoms with E-state index in [9.17, 15) is 9.59 Å². The van der Waals surface area contributed by atoms with Crippen LogP contribution >= 0.6 is 11.3 Å². The van der Waals surface area contributed by atoms with Crippen LogP contribution in [0.2, 0.25) is 0 Å². The minimum atomic E-state index is -0.841. The number of esters is 1. The Kier molecular flexibility index (Phi) is 6.21. The molecule has 2 aromatic heterocycles. The van der Waals surface area contributed by atoms with Crippen molar-refractivity contribution in [2.45, 2.75) is 58.6 Å². The van der Waals surface area contributed by atoms with Crippen molar-refractivity contribution in [2.75, 3.05) is 0 Å². The number of carbonyl (C=O) groups excluding carboxylic acids is 2. The summed E-state index contributed by atoms with van der Waals surface area (Å²) in [6.07, 6.45) is 5.28. The van der Waals surface area contributed by atoms with Crippen molar-refractivity contribution in [3.8, 4) is 10.7 Å². The maximum absolute atomic E-state index is 12.5. The number of pyridine rings is 1. The summed E-state index contributed by atoms with van der Waals surface area (Å²) in [5, 5.41) is 3.69. The largest absolute Gasteiger partial charge is 0.448 e. The van der Waals surface area contributed by atoms with Gasteiger partial charge in [-0.05, 0) is 44.7 Å². The average Bonchev–Trinajstić information content (AvgIpc) is 3.06. The molecular weight excluding hydrogens is 362 g/mol. The molecule has 3 unspecified atom stereocenters.